The van der Waals surface area contributed by atoms with Crippen LogP contribution in [0.25, 0.3) is 6.08 Å². The minimum Gasteiger partial charge on any atom is -0.496 e. The van der Waals surface area contributed by atoms with Crippen molar-refractivity contribution in [2.45, 2.75) is 6.92 Å². The van der Waals surface area contributed by atoms with Gasteiger partial charge in [0, 0.05) is 18.7 Å². The molecule has 2 nitrogen and oxygen atoms in total. The Kier molecular flexibility index (Phi) is 2.55. The fourth-order valence-electron chi connectivity index (χ4n) is 1.56. The van der Waals surface area contributed by atoms with Gasteiger partial charge < -0.3 is 10.1 Å². The summed E-state index contributed by atoms with van der Waals surface area (Å²) in [5, 5.41) is 3.22. The maximum Gasteiger partial charge on any atom is 0.126 e. The van der Waals surface area contributed by atoms with E-state index in [1.807, 2.05) is 6.07 Å². The van der Waals surface area contributed by atoms with Crippen LogP contribution < -0.4 is 10.1 Å². The van der Waals surface area contributed by atoms with Gasteiger partial charge in [-0.25, -0.2) is 0 Å². The van der Waals surface area contributed by atoms with Crippen molar-refractivity contribution in [2.24, 2.45) is 0 Å². The first-order valence-electron chi connectivity index (χ1n) is 4.84. The largest absolute Gasteiger partial charge is 0.496 e. The number of hydrogen-bond donors (Lipinski definition) is 1. The Labute approximate surface area is 84.6 Å². The molecule has 0 bridgehead atoms. The smallest absolute Gasteiger partial charge is 0.126 e. The van der Waals surface area contributed by atoms with Crippen LogP contribution >= 0.6 is 0 Å². The standard InChI is InChI=1S/C12H15NO/c1-9-3-4-12(14-2)11(5-9)6-10-7-13-8-10/h3-6,13H,7-8H2,1-2H3. The Morgan fingerprint density at radius 3 is 2.71 bits per heavy atom. The van der Waals surface area contributed by atoms with E-state index in [2.05, 4.69) is 30.4 Å². The molecule has 0 saturated carbocycles. The van der Waals surface area contributed by atoms with Crippen LogP contribution in [0.5, 0.6) is 5.75 Å². The van der Waals surface area contributed by atoms with E-state index in [9.17, 15) is 0 Å². The van der Waals surface area contributed by atoms with E-state index in [1.54, 1.807) is 7.11 Å². The van der Waals surface area contributed by atoms with E-state index in [1.165, 1.54) is 16.7 Å². The predicted molar refractivity (Wildman–Crippen MR) is 58.6 cm³/mol. The average molecular weight is 189 g/mol. The summed E-state index contributed by atoms with van der Waals surface area (Å²) < 4.78 is 5.30. The van der Waals surface area contributed by atoms with Gasteiger partial charge >= 0.3 is 0 Å². The molecule has 0 spiro atoms. The third-order valence-corrected chi connectivity index (χ3v) is 2.45. The van der Waals surface area contributed by atoms with Gasteiger partial charge in [0.2, 0.25) is 0 Å². The molecule has 1 aromatic rings. The second-order valence-corrected chi connectivity index (χ2v) is 3.65. The molecule has 0 radical (unpaired) electrons. The van der Waals surface area contributed by atoms with Crippen LogP contribution in [0.15, 0.2) is 23.8 Å². The third-order valence-electron chi connectivity index (χ3n) is 2.45. The van der Waals surface area contributed by atoms with Crippen LogP contribution in [0.4, 0.5) is 0 Å². The van der Waals surface area contributed by atoms with Gasteiger partial charge in [-0.05, 0) is 30.7 Å². The van der Waals surface area contributed by atoms with Crippen LogP contribution in [0.3, 0.4) is 0 Å². The van der Waals surface area contributed by atoms with Crippen LogP contribution in [0.1, 0.15) is 11.1 Å². The van der Waals surface area contributed by atoms with Crippen LogP contribution in [-0.2, 0) is 0 Å². The number of ether oxygens (including phenoxy) is 1. The lowest BCUT2D eigenvalue weighted by atomic mass is 10.0. The molecular formula is C12H15NO. The molecule has 0 atom stereocenters. The Hall–Kier alpha value is -1.28. The lowest BCUT2D eigenvalue weighted by molar-refractivity contribution is 0.413. The van der Waals surface area contributed by atoms with Gasteiger partial charge in [-0.2, -0.15) is 0 Å². The van der Waals surface area contributed by atoms with E-state index < -0.39 is 0 Å². The van der Waals surface area contributed by atoms with Crippen LogP contribution in [0, 0.1) is 6.92 Å². The van der Waals surface area contributed by atoms with E-state index >= 15 is 0 Å². The molecule has 2 heteroatoms. The topological polar surface area (TPSA) is 21.3 Å². The highest BCUT2D eigenvalue weighted by Crippen LogP contribution is 2.23. The first-order chi connectivity index (χ1) is 6.79. The van der Waals surface area contributed by atoms with Crippen molar-refractivity contribution in [2.75, 3.05) is 20.2 Å². The van der Waals surface area contributed by atoms with Gasteiger partial charge in [-0.1, -0.05) is 11.6 Å². The molecule has 1 heterocycles. The summed E-state index contributed by atoms with van der Waals surface area (Å²) in [7, 11) is 1.71. The molecule has 2 rings (SSSR count). The van der Waals surface area contributed by atoms with Gasteiger partial charge in [0.15, 0.2) is 0 Å². The maximum atomic E-state index is 5.30. The lowest BCUT2D eigenvalue weighted by Gasteiger charge is -2.19. The molecule has 1 aromatic carbocycles. The normalized spacial score (nSPS) is 14.9. The number of nitrogens with one attached hydrogen (secondary N) is 1. The Bertz CT molecular complexity index is 363. The molecule has 0 aromatic heterocycles. The van der Waals surface area contributed by atoms with Crippen molar-refractivity contribution in [1.82, 2.24) is 5.32 Å². The summed E-state index contributed by atoms with van der Waals surface area (Å²) in [6.45, 7) is 4.12. The molecule has 1 aliphatic rings. The summed E-state index contributed by atoms with van der Waals surface area (Å²) in [5.74, 6) is 0.954. The molecule has 1 N–H and O–H groups in total. The van der Waals surface area contributed by atoms with Gasteiger partial charge in [0.05, 0.1) is 7.11 Å². The minimum absolute atomic E-state index is 0.954. The number of aryl methyl sites for hydroxylation is 1. The van der Waals surface area contributed by atoms with Crippen molar-refractivity contribution in [1.29, 1.82) is 0 Å². The minimum atomic E-state index is 0.954. The molecule has 0 amide bonds. The highest BCUT2D eigenvalue weighted by atomic mass is 16.5. The fraction of sp³-hybridized carbons (Fsp3) is 0.333. The summed E-state index contributed by atoms with van der Waals surface area (Å²) in [4.78, 5) is 0. The molecule has 1 saturated heterocycles. The summed E-state index contributed by atoms with van der Waals surface area (Å²) in [6, 6.07) is 6.25. The zero-order valence-electron chi connectivity index (χ0n) is 8.63. The Morgan fingerprint density at radius 2 is 2.14 bits per heavy atom. The monoisotopic (exact) mass is 189 g/mol. The van der Waals surface area contributed by atoms with Crippen molar-refractivity contribution < 1.29 is 4.74 Å². The van der Waals surface area contributed by atoms with Crippen molar-refractivity contribution in [3.05, 3.63) is 34.9 Å². The van der Waals surface area contributed by atoms with Crippen LogP contribution in [0.2, 0.25) is 0 Å². The molecule has 1 fully saturated rings. The quantitative estimate of drug-likeness (QED) is 0.768. The van der Waals surface area contributed by atoms with E-state index in [0.717, 1.165) is 18.8 Å². The summed E-state index contributed by atoms with van der Waals surface area (Å²) in [5.41, 5.74) is 3.89. The van der Waals surface area contributed by atoms with Crippen molar-refractivity contribution >= 4 is 6.08 Å². The molecule has 0 unspecified atom stereocenters. The van der Waals surface area contributed by atoms with Crippen molar-refractivity contribution in [3.63, 3.8) is 0 Å². The summed E-state index contributed by atoms with van der Waals surface area (Å²) >= 11 is 0. The second-order valence-electron chi connectivity index (χ2n) is 3.65. The highest BCUT2D eigenvalue weighted by Gasteiger charge is 2.08. The fourth-order valence-corrected chi connectivity index (χ4v) is 1.56. The first kappa shape index (κ1) is 9.28. The van der Waals surface area contributed by atoms with Gasteiger partial charge in [0.25, 0.3) is 0 Å². The third kappa shape index (κ3) is 1.80. The molecular weight excluding hydrogens is 174 g/mol. The number of hydrogen-bond acceptors (Lipinski definition) is 2. The Balaban J connectivity index is 2.33. The molecule has 74 valence electrons. The second kappa shape index (κ2) is 3.84. The first-order valence-corrected chi connectivity index (χ1v) is 4.84. The highest BCUT2D eigenvalue weighted by molar-refractivity contribution is 5.62. The van der Waals surface area contributed by atoms with Gasteiger partial charge in [-0.15, -0.1) is 0 Å². The van der Waals surface area contributed by atoms with Crippen molar-refractivity contribution in [3.8, 4) is 5.75 Å². The van der Waals surface area contributed by atoms with E-state index in [-0.39, 0.29) is 0 Å². The van der Waals surface area contributed by atoms with E-state index in [4.69, 9.17) is 4.74 Å². The zero-order chi connectivity index (χ0) is 9.97. The number of benzene rings is 1. The SMILES string of the molecule is COc1ccc(C)cc1C=C1CNC1. The van der Waals surface area contributed by atoms with Gasteiger partial charge in [0.1, 0.15) is 5.75 Å². The Morgan fingerprint density at radius 1 is 1.36 bits per heavy atom. The molecule has 14 heavy (non-hydrogen) atoms. The van der Waals surface area contributed by atoms with Crippen LogP contribution in [-0.4, -0.2) is 20.2 Å². The predicted octanol–water partition coefficient (Wildman–Crippen LogP) is 1.99. The van der Waals surface area contributed by atoms with E-state index in [0.29, 0.717) is 0 Å². The van der Waals surface area contributed by atoms with Gasteiger partial charge in [-0.3, -0.25) is 0 Å². The number of rotatable bonds is 2. The lowest BCUT2D eigenvalue weighted by Crippen LogP contribution is -2.33. The average Bonchev–Trinajstić information content (AvgIpc) is 2.12. The molecule has 1 aliphatic heterocycles. The number of methoxy groups -OCH3 is 1. The molecule has 0 aliphatic carbocycles. The zero-order valence-corrected chi connectivity index (χ0v) is 8.63. The maximum absolute atomic E-state index is 5.30. The summed E-state index contributed by atoms with van der Waals surface area (Å²) in [6.07, 6.45) is 2.21.